The molecule has 2 amide bonds. The van der Waals surface area contributed by atoms with Gasteiger partial charge in [-0.1, -0.05) is 0 Å². The zero-order valence-corrected chi connectivity index (χ0v) is 18.9. The molecular weight excluding hydrogens is 442 g/mol. The van der Waals surface area contributed by atoms with Gasteiger partial charge in [0, 0.05) is 17.1 Å². The highest BCUT2D eigenvalue weighted by Crippen LogP contribution is 2.35. The third kappa shape index (κ3) is 4.29. The van der Waals surface area contributed by atoms with Gasteiger partial charge < -0.3 is 9.30 Å². The summed E-state index contributed by atoms with van der Waals surface area (Å²) in [7, 11) is -2.60. The van der Waals surface area contributed by atoms with Crippen LogP contribution in [0.15, 0.2) is 40.1 Å². The first kappa shape index (κ1) is 22.8. The van der Waals surface area contributed by atoms with Crippen LogP contribution < -0.4 is 5.14 Å². The SMILES string of the molecule is COC(=O)C(C)N1C(=O)SC(=Cc2cc(C)n(-c3ccc(S(N)(=O)=O)cc3)c2C)C1=O. The van der Waals surface area contributed by atoms with E-state index in [4.69, 9.17) is 5.14 Å². The van der Waals surface area contributed by atoms with Gasteiger partial charge in [-0.25, -0.2) is 18.4 Å². The van der Waals surface area contributed by atoms with Gasteiger partial charge in [-0.15, -0.1) is 0 Å². The summed E-state index contributed by atoms with van der Waals surface area (Å²) >= 11 is 0.758. The summed E-state index contributed by atoms with van der Waals surface area (Å²) in [5.41, 5.74) is 3.06. The molecule has 3 rings (SSSR count). The van der Waals surface area contributed by atoms with Gasteiger partial charge in [0.25, 0.3) is 11.1 Å². The molecule has 0 saturated carbocycles. The summed E-state index contributed by atoms with van der Waals surface area (Å²) in [5, 5.41) is 4.61. The first-order valence-corrected chi connectivity index (χ1v) is 11.5. The van der Waals surface area contributed by atoms with Crippen molar-refractivity contribution in [3.63, 3.8) is 0 Å². The summed E-state index contributed by atoms with van der Waals surface area (Å²) in [5.74, 6) is -1.24. The Morgan fingerprint density at radius 3 is 2.35 bits per heavy atom. The lowest BCUT2D eigenvalue weighted by molar-refractivity contribution is -0.148. The number of imide groups is 1. The maximum Gasteiger partial charge on any atom is 0.328 e. The third-order valence-corrected chi connectivity index (χ3v) is 6.75. The topological polar surface area (TPSA) is 129 Å². The molecule has 2 N–H and O–H groups in total. The van der Waals surface area contributed by atoms with Gasteiger partial charge in [-0.05, 0) is 74.5 Å². The highest BCUT2D eigenvalue weighted by molar-refractivity contribution is 8.18. The molecule has 0 spiro atoms. The van der Waals surface area contributed by atoms with Gasteiger partial charge in [-0.2, -0.15) is 0 Å². The molecular formula is C20H21N3O6S2. The second kappa shape index (κ2) is 8.33. The number of hydrogen-bond acceptors (Lipinski definition) is 7. The Labute approximate surface area is 183 Å². The molecule has 2 heterocycles. The Hall–Kier alpha value is -2.89. The Balaban J connectivity index is 1.96. The first-order valence-electron chi connectivity index (χ1n) is 9.12. The van der Waals surface area contributed by atoms with Crippen LogP contribution in [0.5, 0.6) is 0 Å². The molecule has 2 aromatic rings. The van der Waals surface area contributed by atoms with Crippen LogP contribution in [0.1, 0.15) is 23.9 Å². The van der Waals surface area contributed by atoms with Crippen molar-refractivity contribution in [2.45, 2.75) is 31.7 Å². The number of thioether (sulfide) groups is 1. The number of benzene rings is 1. The van der Waals surface area contributed by atoms with Crippen LogP contribution in [-0.2, 0) is 24.3 Å². The number of esters is 1. The van der Waals surface area contributed by atoms with Crippen LogP contribution >= 0.6 is 11.8 Å². The molecule has 0 radical (unpaired) electrons. The van der Waals surface area contributed by atoms with Gasteiger partial charge in [-0.3, -0.25) is 14.5 Å². The molecule has 1 atom stereocenters. The maximum atomic E-state index is 12.7. The van der Waals surface area contributed by atoms with E-state index in [0.29, 0.717) is 5.56 Å². The fourth-order valence-corrected chi connectivity index (χ4v) is 4.76. The van der Waals surface area contributed by atoms with E-state index in [-0.39, 0.29) is 9.80 Å². The van der Waals surface area contributed by atoms with E-state index in [1.807, 2.05) is 24.5 Å². The Morgan fingerprint density at radius 2 is 1.81 bits per heavy atom. The van der Waals surface area contributed by atoms with Gasteiger partial charge >= 0.3 is 5.97 Å². The monoisotopic (exact) mass is 463 g/mol. The highest BCUT2D eigenvalue weighted by atomic mass is 32.2. The molecule has 1 aliphatic rings. The van der Waals surface area contributed by atoms with Crippen LogP contribution in [-0.4, -0.2) is 48.2 Å². The second-order valence-electron chi connectivity index (χ2n) is 6.95. The lowest BCUT2D eigenvalue weighted by Gasteiger charge is -2.18. The number of nitrogens with zero attached hydrogens (tertiary/aromatic N) is 2. The zero-order chi connectivity index (χ0) is 23.1. The molecule has 0 aliphatic carbocycles. The quantitative estimate of drug-likeness (QED) is 0.532. The Bertz CT molecular complexity index is 1210. The van der Waals surface area contributed by atoms with Crippen molar-refractivity contribution in [2.75, 3.05) is 7.11 Å². The molecule has 1 aliphatic heterocycles. The number of amides is 2. The van der Waals surface area contributed by atoms with E-state index in [9.17, 15) is 22.8 Å². The van der Waals surface area contributed by atoms with Crippen molar-refractivity contribution in [3.05, 3.63) is 52.2 Å². The minimum atomic E-state index is -3.79. The molecule has 1 aromatic carbocycles. The summed E-state index contributed by atoms with van der Waals surface area (Å²) < 4.78 is 29.5. The Morgan fingerprint density at radius 1 is 1.19 bits per heavy atom. The zero-order valence-electron chi connectivity index (χ0n) is 17.3. The molecule has 164 valence electrons. The van der Waals surface area contributed by atoms with Crippen LogP contribution in [0.2, 0.25) is 0 Å². The van der Waals surface area contributed by atoms with Crippen molar-refractivity contribution in [1.29, 1.82) is 0 Å². The normalized spacial score (nSPS) is 16.8. The van der Waals surface area contributed by atoms with Crippen LogP contribution in [0, 0.1) is 13.8 Å². The molecule has 0 bridgehead atoms. The van der Waals surface area contributed by atoms with E-state index in [1.165, 1.54) is 26.2 Å². The third-order valence-electron chi connectivity index (χ3n) is 4.93. The van der Waals surface area contributed by atoms with E-state index < -0.39 is 33.2 Å². The summed E-state index contributed by atoms with van der Waals surface area (Å²) in [6, 6.07) is 6.94. The molecule has 1 fully saturated rings. The van der Waals surface area contributed by atoms with E-state index in [0.717, 1.165) is 33.7 Å². The number of nitrogens with two attached hydrogens (primary N) is 1. The van der Waals surface area contributed by atoms with Gasteiger partial charge in [0.2, 0.25) is 10.0 Å². The number of carbonyl (C=O) groups excluding carboxylic acids is 3. The molecule has 11 heteroatoms. The molecule has 31 heavy (non-hydrogen) atoms. The average molecular weight is 464 g/mol. The van der Waals surface area contributed by atoms with Gasteiger partial charge in [0.15, 0.2) is 0 Å². The lowest BCUT2D eigenvalue weighted by Crippen LogP contribution is -2.42. The fraction of sp³-hybridized carbons (Fsp3) is 0.250. The number of primary sulfonamides is 1. The first-order chi connectivity index (χ1) is 14.5. The smallest absolute Gasteiger partial charge is 0.328 e. The van der Waals surface area contributed by atoms with Gasteiger partial charge in [0.1, 0.15) is 6.04 Å². The number of aromatic nitrogens is 1. The van der Waals surface area contributed by atoms with E-state index in [2.05, 4.69) is 4.74 Å². The lowest BCUT2D eigenvalue weighted by atomic mass is 10.2. The maximum absolute atomic E-state index is 12.7. The minimum absolute atomic E-state index is 0.00679. The number of rotatable bonds is 5. The van der Waals surface area contributed by atoms with E-state index >= 15 is 0 Å². The van der Waals surface area contributed by atoms with Gasteiger partial charge in [0.05, 0.1) is 16.9 Å². The van der Waals surface area contributed by atoms with Crippen molar-refractivity contribution in [1.82, 2.24) is 9.47 Å². The largest absolute Gasteiger partial charge is 0.467 e. The number of hydrogen-bond donors (Lipinski definition) is 1. The molecule has 1 saturated heterocycles. The molecule has 1 unspecified atom stereocenters. The van der Waals surface area contributed by atoms with Crippen molar-refractivity contribution < 1.29 is 27.5 Å². The predicted octanol–water partition coefficient (Wildman–Crippen LogP) is 2.34. The summed E-state index contributed by atoms with van der Waals surface area (Å²) in [4.78, 5) is 37.9. The summed E-state index contributed by atoms with van der Waals surface area (Å²) in [6.07, 6.45) is 1.60. The predicted molar refractivity (Wildman–Crippen MR) is 116 cm³/mol. The van der Waals surface area contributed by atoms with Crippen molar-refractivity contribution >= 4 is 45.0 Å². The number of aryl methyl sites for hydroxylation is 1. The van der Waals surface area contributed by atoms with Crippen LogP contribution in [0.3, 0.4) is 0 Å². The highest BCUT2D eigenvalue weighted by Gasteiger charge is 2.41. The fourth-order valence-electron chi connectivity index (χ4n) is 3.35. The van der Waals surface area contributed by atoms with Crippen LogP contribution in [0.4, 0.5) is 4.79 Å². The average Bonchev–Trinajstić information content (AvgIpc) is 3.14. The molecule has 1 aromatic heterocycles. The number of ether oxygens (including phenoxy) is 1. The number of carbonyl (C=O) groups is 3. The van der Waals surface area contributed by atoms with E-state index in [1.54, 1.807) is 18.2 Å². The standard InChI is InChI=1S/C20H21N3O6S2/c1-11-9-14(10-17-18(24)23(20(26)30-17)13(3)19(25)29-4)12(2)22(11)15-5-7-16(8-6-15)31(21,27)28/h5-10,13H,1-4H3,(H2,21,27,28). The minimum Gasteiger partial charge on any atom is -0.467 e. The molecule has 9 nitrogen and oxygen atoms in total. The number of sulfonamides is 1. The number of methoxy groups -OCH3 is 1. The van der Waals surface area contributed by atoms with Crippen LogP contribution in [0.25, 0.3) is 11.8 Å². The Kier molecular flexibility index (Phi) is 6.12. The second-order valence-corrected chi connectivity index (χ2v) is 9.51. The van der Waals surface area contributed by atoms with Crippen molar-refractivity contribution in [3.8, 4) is 5.69 Å². The van der Waals surface area contributed by atoms with Crippen molar-refractivity contribution in [2.24, 2.45) is 5.14 Å². The summed E-state index contributed by atoms with van der Waals surface area (Å²) in [6.45, 7) is 5.14.